The van der Waals surface area contributed by atoms with Crippen molar-refractivity contribution in [1.29, 1.82) is 0 Å². The van der Waals surface area contributed by atoms with Crippen molar-refractivity contribution in [3.63, 3.8) is 0 Å². The van der Waals surface area contributed by atoms with Crippen LogP contribution in [0, 0.1) is 0 Å². The van der Waals surface area contributed by atoms with Gasteiger partial charge in [-0.05, 0) is 47.2 Å². The van der Waals surface area contributed by atoms with Gasteiger partial charge in [-0.2, -0.15) is 0 Å². The Bertz CT molecular complexity index is 622. The van der Waals surface area contributed by atoms with Crippen molar-refractivity contribution in [2.45, 2.75) is 32.6 Å². The molecule has 0 fully saturated rings. The van der Waals surface area contributed by atoms with Gasteiger partial charge in [0.2, 0.25) is 0 Å². The summed E-state index contributed by atoms with van der Waals surface area (Å²) in [5.41, 5.74) is 9.63. The third kappa shape index (κ3) is 4.35. The van der Waals surface area contributed by atoms with E-state index in [4.69, 9.17) is 5.73 Å². The molecule has 0 unspecified atom stereocenters. The van der Waals surface area contributed by atoms with Gasteiger partial charge in [0.05, 0.1) is 0 Å². The molecule has 3 N–H and O–H groups in total. The van der Waals surface area contributed by atoms with Gasteiger partial charge in [0.25, 0.3) is 5.91 Å². The number of nitrogen functional groups attached to an aromatic ring is 1. The summed E-state index contributed by atoms with van der Waals surface area (Å²) in [7, 11) is 0. The molecule has 0 aliphatic carbocycles. The first-order chi connectivity index (χ1) is 10.4. The van der Waals surface area contributed by atoms with Gasteiger partial charge in [-0.15, -0.1) is 0 Å². The second kappa shape index (κ2) is 6.65. The lowest BCUT2D eigenvalue weighted by Gasteiger charge is -2.19. The third-order valence-electron chi connectivity index (χ3n) is 3.69. The summed E-state index contributed by atoms with van der Waals surface area (Å²) in [6.45, 7) is 7.23. The fraction of sp³-hybridized carbons (Fsp3) is 0.316. The van der Waals surface area contributed by atoms with Gasteiger partial charge in [-0.1, -0.05) is 45.0 Å². The highest BCUT2D eigenvalue weighted by atomic mass is 16.1. The van der Waals surface area contributed by atoms with E-state index in [1.807, 2.05) is 0 Å². The lowest BCUT2D eigenvalue weighted by atomic mass is 9.86. The maximum atomic E-state index is 12.0. The largest absolute Gasteiger partial charge is 0.399 e. The molecule has 1 amide bonds. The molecule has 0 aromatic heterocycles. The van der Waals surface area contributed by atoms with Crippen LogP contribution in [-0.4, -0.2) is 12.5 Å². The first kappa shape index (κ1) is 16.1. The van der Waals surface area contributed by atoms with Crippen molar-refractivity contribution < 1.29 is 4.79 Å². The summed E-state index contributed by atoms with van der Waals surface area (Å²) in [5, 5.41) is 2.93. The molecule has 0 heterocycles. The van der Waals surface area contributed by atoms with Crippen LogP contribution in [0.25, 0.3) is 0 Å². The van der Waals surface area contributed by atoms with Gasteiger partial charge in [0.15, 0.2) is 0 Å². The number of nitrogens with two attached hydrogens (primary N) is 1. The van der Waals surface area contributed by atoms with E-state index < -0.39 is 0 Å². The Balaban J connectivity index is 1.86. The molecule has 0 saturated heterocycles. The van der Waals surface area contributed by atoms with Crippen LogP contribution in [0.5, 0.6) is 0 Å². The molecule has 3 nitrogen and oxygen atoms in total. The molecule has 2 aromatic rings. The van der Waals surface area contributed by atoms with Gasteiger partial charge < -0.3 is 11.1 Å². The van der Waals surface area contributed by atoms with Crippen LogP contribution in [0.2, 0.25) is 0 Å². The van der Waals surface area contributed by atoms with E-state index in [1.165, 1.54) is 11.1 Å². The molecule has 2 aromatic carbocycles. The van der Waals surface area contributed by atoms with Crippen LogP contribution in [0.1, 0.15) is 42.3 Å². The van der Waals surface area contributed by atoms with E-state index in [9.17, 15) is 4.79 Å². The van der Waals surface area contributed by atoms with Gasteiger partial charge >= 0.3 is 0 Å². The number of carbonyl (C=O) groups is 1. The first-order valence-corrected chi connectivity index (χ1v) is 7.59. The molecule has 0 atom stereocenters. The van der Waals surface area contributed by atoms with Gasteiger partial charge in [0.1, 0.15) is 0 Å². The summed E-state index contributed by atoms with van der Waals surface area (Å²) in [6, 6.07) is 15.5. The fourth-order valence-corrected chi connectivity index (χ4v) is 2.23. The Morgan fingerprint density at radius 2 is 1.59 bits per heavy atom. The minimum Gasteiger partial charge on any atom is -0.399 e. The fourth-order valence-electron chi connectivity index (χ4n) is 2.23. The topological polar surface area (TPSA) is 55.1 Å². The second-order valence-corrected chi connectivity index (χ2v) is 6.57. The summed E-state index contributed by atoms with van der Waals surface area (Å²) in [6.07, 6.45) is 0.825. The monoisotopic (exact) mass is 296 g/mol. The van der Waals surface area contributed by atoms with Crippen LogP contribution in [-0.2, 0) is 11.8 Å². The average molecular weight is 296 g/mol. The van der Waals surface area contributed by atoms with E-state index in [2.05, 4.69) is 50.4 Å². The predicted molar refractivity (Wildman–Crippen MR) is 92.0 cm³/mol. The number of amides is 1. The van der Waals surface area contributed by atoms with E-state index in [-0.39, 0.29) is 11.3 Å². The quantitative estimate of drug-likeness (QED) is 0.848. The predicted octanol–water partition coefficient (Wildman–Crippen LogP) is 3.54. The van der Waals surface area contributed by atoms with E-state index >= 15 is 0 Å². The van der Waals surface area contributed by atoms with Crippen molar-refractivity contribution in [3.8, 4) is 0 Å². The Kier molecular flexibility index (Phi) is 4.86. The highest BCUT2D eigenvalue weighted by molar-refractivity contribution is 5.94. The molecule has 0 bridgehead atoms. The van der Waals surface area contributed by atoms with Crippen LogP contribution >= 0.6 is 0 Å². The first-order valence-electron chi connectivity index (χ1n) is 7.59. The van der Waals surface area contributed by atoms with E-state index in [0.29, 0.717) is 17.8 Å². The standard InChI is InChI=1S/C19H24N2O/c1-19(2,3)16-8-4-14(5-9-16)12-13-21-18(22)15-6-10-17(20)11-7-15/h4-11H,12-13,20H2,1-3H3,(H,21,22). The highest BCUT2D eigenvalue weighted by Crippen LogP contribution is 2.22. The van der Waals surface area contributed by atoms with Crippen LogP contribution in [0.4, 0.5) is 5.69 Å². The van der Waals surface area contributed by atoms with Crippen molar-refractivity contribution >= 4 is 11.6 Å². The average Bonchev–Trinajstić information content (AvgIpc) is 2.47. The third-order valence-corrected chi connectivity index (χ3v) is 3.69. The van der Waals surface area contributed by atoms with E-state index in [0.717, 1.165) is 6.42 Å². The normalized spacial score (nSPS) is 11.2. The zero-order chi connectivity index (χ0) is 16.2. The Hall–Kier alpha value is -2.29. The summed E-state index contributed by atoms with van der Waals surface area (Å²) in [4.78, 5) is 12.0. The summed E-state index contributed by atoms with van der Waals surface area (Å²) in [5.74, 6) is -0.0636. The second-order valence-electron chi connectivity index (χ2n) is 6.57. The number of rotatable bonds is 4. The van der Waals surface area contributed by atoms with Crippen molar-refractivity contribution in [2.75, 3.05) is 12.3 Å². The Labute approximate surface area is 132 Å². The number of anilines is 1. The number of hydrogen-bond donors (Lipinski definition) is 2. The van der Waals surface area contributed by atoms with Crippen LogP contribution < -0.4 is 11.1 Å². The van der Waals surface area contributed by atoms with Crippen molar-refractivity contribution in [2.24, 2.45) is 0 Å². The zero-order valence-electron chi connectivity index (χ0n) is 13.5. The minimum atomic E-state index is -0.0636. The number of carbonyl (C=O) groups excluding carboxylic acids is 1. The van der Waals surface area contributed by atoms with Gasteiger partial charge in [-0.3, -0.25) is 4.79 Å². The summed E-state index contributed by atoms with van der Waals surface area (Å²) < 4.78 is 0. The molecular weight excluding hydrogens is 272 g/mol. The van der Waals surface area contributed by atoms with E-state index in [1.54, 1.807) is 24.3 Å². The zero-order valence-corrected chi connectivity index (χ0v) is 13.5. The van der Waals surface area contributed by atoms with Gasteiger partial charge in [0, 0.05) is 17.8 Å². The SMILES string of the molecule is CC(C)(C)c1ccc(CCNC(=O)c2ccc(N)cc2)cc1. The molecule has 2 rings (SSSR count). The lowest BCUT2D eigenvalue weighted by molar-refractivity contribution is 0.0954. The smallest absolute Gasteiger partial charge is 0.251 e. The van der Waals surface area contributed by atoms with Crippen LogP contribution in [0.15, 0.2) is 48.5 Å². The summed E-state index contributed by atoms with van der Waals surface area (Å²) >= 11 is 0. The molecular formula is C19H24N2O. The molecule has 22 heavy (non-hydrogen) atoms. The molecule has 0 aliphatic heterocycles. The number of nitrogens with one attached hydrogen (secondary N) is 1. The molecule has 0 spiro atoms. The maximum Gasteiger partial charge on any atom is 0.251 e. The molecule has 3 heteroatoms. The number of benzene rings is 2. The minimum absolute atomic E-state index is 0.0636. The molecule has 0 aliphatic rings. The molecule has 0 radical (unpaired) electrons. The Morgan fingerprint density at radius 3 is 2.14 bits per heavy atom. The van der Waals surface area contributed by atoms with Gasteiger partial charge in [-0.25, -0.2) is 0 Å². The van der Waals surface area contributed by atoms with Crippen molar-refractivity contribution in [1.82, 2.24) is 5.32 Å². The highest BCUT2D eigenvalue weighted by Gasteiger charge is 2.12. The lowest BCUT2D eigenvalue weighted by Crippen LogP contribution is -2.25. The Morgan fingerprint density at radius 1 is 1.00 bits per heavy atom. The molecule has 116 valence electrons. The van der Waals surface area contributed by atoms with Crippen LogP contribution in [0.3, 0.4) is 0 Å². The molecule has 0 saturated carbocycles. The maximum absolute atomic E-state index is 12.0. The number of hydrogen-bond acceptors (Lipinski definition) is 2. The van der Waals surface area contributed by atoms with Crippen molar-refractivity contribution in [3.05, 3.63) is 65.2 Å².